The van der Waals surface area contributed by atoms with E-state index >= 15 is 0 Å². The molecule has 0 unspecified atom stereocenters. The summed E-state index contributed by atoms with van der Waals surface area (Å²) in [5, 5.41) is 0. The van der Waals surface area contributed by atoms with Crippen LogP contribution in [0, 0.1) is 0 Å². The summed E-state index contributed by atoms with van der Waals surface area (Å²) >= 11 is 3.36. The van der Waals surface area contributed by atoms with E-state index in [9.17, 15) is 4.79 Å². The van der Waals surface area contributed by atoms with Crippen molar-refractivity contribution in [1.29, 1.82) is 0 Å². The van der Waals surface area contributed by atoms with E-state index in [2.05, 4.69) is 22.0 Å². The summed E-state index contributed by atoms with van der Waals surface area (Å²) in [6, 6.07) is 0. The minimum atomic E-state index is -0.220. The van der Waals surface area contributed by atoms with Crippen molar-refractivity contribution in [2.45, 2.75) is 13.3 Å². The Labute approximate surface area is 80.5 Å². The highest BCUT2D eigenvalue weighted by atomic mass is 79.9. The fraction of sp³-hybridized carbons (Fsp3) is 0.625. The van der Waals surface area contributed by atoms with Gasteiger partial charge < -0.3 is 9.64 Å². The van der Waals surface area contributed by atoms with Crippen molar-refractivity contribution < 1.29 is 9.53 Å². The van der Waals surface area contributed by atoms with Crippen molar-refractivity contribution in [1.82, 2.24) is 4.90 Å². The highest BCUT2D eigenvalue weighted by Crippen LogP contribution is 2.15. The summed E-state index contributed by atoms with van der Waals surface area (Å²) in [5.74, 6) is 0. The molecule has 68 valence electrons. The third-order valence-electron chi connectivity index (χ3n) is 1.63. The molecule has 12 heavy (non-hydrogen) atoms. The Balaban J connectivity index is 2.43. The Hall–Kier alpha value is -0.510. The third kappa shape index (κ3) is 2.52. The molecule has 0 saturated carbocycles. The van der Waals surface area contributed by atoms with Gasteiger partial charge in [-0.1, -0.05) is 22.0 Å². The number of rotatable bonds is 1. The maximum atomic E-state index is 11.2. The first-order valence-corrected chi connectivity index (χ1v) is 4.79. The average Bonchev–Trinajstić information content (AvgIpc) is 2.05. The molecule has 3 nitrogen and oxygen atoms in total. The first kappa shape index (κ1) is 9.58. The molecule has 0 aromatic carbocycles. The van der Waals surface area contributed by atoms with Gasteiger partial charge in [-0.15, -0.1) is 0 Å². The average molecular weight is 234 g/mol. The molecule has 0 saturated heterocycles. The number of carbonyl (C=O) groups is 1. The van der Waals surface area contributed by atoms with E-state index in [0.29, 0.717) is 13.2 Å². The normalized spacial score (nSPS) is 17.2. The van der Waals surface area contributed by atoms with E-state index in [0.717, 1.165) is 17.4 Å². The van der Waals surface area contributed by atoms with Crippen molar-refractivity contribution in [2.75, 3.05) is 19.7 Å². The molecule has 0 aromatic heterocycles. The second-order valence-electron chi connectivity index (χ2n) is 2.56. The zero-order chi connectivity index (χ0) is 8.97. The van der Waals surface area contributed by atoms with E-state index in [-0.39, 0.29) is 6.09 Å². The van der Waals surface area contributed by atoms with Crippen LogP contribution in [0.15, 0.2) is 10.6 Å². The molecule has 4 heteroatoms. The van der Waals surface area contributed by atoms with Gasteiger partial charge in [-0.3, -0.25) is 0 Å². The molecule has 0 bridgehead atoms. The van der Waals surface area contributed by atoms with Gasteiger partial charge in [-0.05, 0) is 13.3 Å². The number of nitrogens with zero attached hydrogens (tertiary/aromatic N) is 1. The summed E-state index contributed by atoms with van der Waals surface area (Å²) in [6.07, 6.45) is 2.76. The lowest BCUT2D eigenvalue weighted by molar-refractivity contribution is 0.110. The molecular weight excluding hydrogens is 222 g/mol. The molecule has 0 radical (unpaired) electrons. The fourth-order valence-corrected chi connectivity index (χ4v) is 1.61. The van der Waals surface area contributed by atoms with E-state index in [1.54, 1.807) is 4.90 Å². The molecule has 0 fully saturated rings. The molecular formula is C8H12BrNO2. The number of halogens is 1. The highest BCUT2D eigenvalue weighted by molar-refractivity contribution is 9.11. The third-order valence-corrected chi connectivity index (χ3v) is 2.21. The van der Waals surface area contributed by atoms with Gasteiger partial charge in [-0.2, -0.15) is 0 Å². The second-order valence-corrected chi connectivity index (χ2v) is 3.58. The Kier molecular flexibility index (Phi) is 3.59. The highest BCUT2D eigenvalue weighted by Gasteiger charge is 2.17. The zero-order valence-corrected chi connectivity index (χ0v) is 8.63. The van der Waals surface area contributed by atoms with Gasteiger partial charge in [-0.25, -0.2) is 4.79 Å². The van der Waals surface area contributed by atoms with Gasteiger partial charge in [0.15, 0.2) is 0 Å². The standard InChI is InChI=1S/C8H12BrNO2/c1-2-12-8(11)10-5-3-4-7(9)6-10/h4H,2-3,5-6H2,1H3. The van der Waals surface area contributed by atoms with Crippen LogP contribution in [0.3, 0.4) is 0 Å². The number of amides is 1. The quantitative estimate of drug-likeness (QED) is 0.695. The maximum Gasteiger partial charge on any atom is 0.410 e. The molecule has 1 heterocycles. The predicted molar refractivity (Wildman–Crippen MR) is 50.2 cm³/mol. The number of hydrogen-bond donors (Lipinski definition) is 0. The van der Waals surface area contributed by atoms with Crippen molar-refractivity contribution >= 4 is 22.0 Å². The summed E-state index contributed by atoms with van der Waals surface area (Å²) < 4.78 is 5.93. The lowest BCUT2D eigenvalue weighted by Gasteiger charge is -2.24. The van der Waals surface area contributed by atoms with Crippen molar-refractivity contribution in [3.8, 4) is 0 Å². The Morgan fingerprint density at radius 3 is 3.17 bits per heavy atom. The van der Waals surface area contributed by atoms with Crippen molar-refractivity contribution in [3.63, 3.8) is 0 Å². The minimum absolute atomic E-state index is 0.220. The molecule has 0 atom stereocenters. The molecule has 1 aliphatic heterocycles. The number of carbonyl (C=O) groups excluding carboxylic acids is 1. The van der Waals surface area contributed by atoms with Gasteiger partial charge in [0.25, 0.3) is 0 Å². The summed E-state index contributed by atoms with van der Waals surface area (Å²) in [5.41, 5.74) is 0. The minimum Gasteiger partial charge on any atom is -0.450 e. The first-order chi connectivity index (χ1) is 5.74. The van der Waals surface area contributed by atoms with Crippen LogP contribution < -0.4 is 0 Å². The van der Waals surface area contributed by atoms with Crippen LogP contribution in [0.4, 0.5) is 4.79 Å². The van der Waals surface area contributed by atoms with Crippen LogP contribution in [0.5, 0.6) is 0 Å². The monoisotopic (exact) mass is 233 g/mol. The van der Waals surface area contributed by atoms with Crippen LogP contribution in [0.1, 0.15) is 13.3 Å². The van der Waals surface area contributed by atoms with Crippen LogP contribution in [-0.4, -0.2) is 30.7 Å². The first-order valence-electron chi connectivity index (χ1n) is 4.00. The van der Waals surface area contributed by atoms with E-state index in [4.69, 9.17) is 4.74 Å². The van der Waals surface area contributed by atoms with Gasteiger partial charge >= 0.3 is 6.09 Å². The molecule has 1 aliphatic rings. The lowest BCUT2D eigenvalue weighted by Crippen LogP contribution is -2.35. The van der Waals surface area contributed by atoms with Crippen LogP contribution in [0.2, 0.25) is 0 Å². The summed E-state index contributed by atoms with van der Waals surface area (Å²) in [7, 11) is 0. The Morgan fingerprint density at radius 1 is 1.83 bits per heavy atom. The van der Waals surface area contributed by atoms with Crippen LogP contribution >= 0.6 is 15.9 Å². The largest absolute Gasteiger partial charge is 0.450 e. The molecule has 0 aromatic rings. The fourth-order valence-electron chi connectivity index (χ4n) is 1.07. The molecule has 0 N–H and O–H groups in total. The van der Waals surface area contributed by atoms with Gasteiger partial charge in [0.2, 0.25) is 0 Å². The number of ether oxygens (including phenoxy) is 1. The van der Waals surface area contributed by atoms with Crippen molar-refractivity contribution in [2.24, 2.45) is 0 Å². The van der Waals surface area contributed by atoms with Crippen molar-refractivity contribution in [3.05, 3.63) is 10.6 Å². The topological polar surface area (TPSA) is 29.5 Å². The predicted octanol–water partition coefficient (Wildman–Crippen LogP) is 2.13. The summed E-state index contributed by atoms with van der Waals surface area (Å²) in [6.45, 7) is 3.65. The maximum absolute atomic E-state index is 11.2. The molecule has 1 amide bonds. The van der Waals surface area contributed by atoms with E-state index < -0.39 is 0 Å². The van der Waals surface area contributed by atoms with E-state index in [1.807, 2.05) is 6.92 Å². The SMILES string of the molecule is CCOC(=O)N1CCC=C(Br)C1. The summed E-state index contributed by atoms with van der Waals surface area (Å²) in [4.78, 5) is 12.9. The van der Waals surface area contributed by atoms with Gasteiger partial charge in [0, 0.05) is 11.0 Å². The van der Waals surface area contributed by atoms with E-state index in [1.165, 1.54) is 0 Å². The van der Waals surface area contributed by atoms with Gasteiger partial charge in [0.1, 0.15) is 0 Å². The Morgan fingerprint density at radius 2 is 2.58 bits per heavy atom. The van der Waals surface area contributed by atoms with Crippen LogP contribution in [-0.2, 0) is 4.74 Å². The smallest absolute Gasteiger partial charge is 0.410 e. The number of hydrogen-bond acceptors (Lipinski definition) is 2. The molecule has 1 rings (SSSR count). The van der Waals surface area contributed by atoms with Crippen LogP contribution in [0.25, 0.3) is 0 Å². The lowest BCUT2D eigenvalue weighted by atomic mass is 10.3. The Bertz CT molecular complexity index is 203. The second kappa shape index (κ2) is 4.50. The zero-order valence-electron chi connectivity index (χ0n) is 7.05. The van der Waals surface area contributed by atoms with Gasteiger partial charge in [0.05, 0.1) is 13.2 Å². The molecule has 0 aliphatic carbocycles. The molecule has 0 spiro atoms.